The molecule has 0 unspecified atom stereocenters. The number of anilines is 1. The second kappa shape index (κ2) is 7.30. The maximum Gasteiger partial charge on any atom is 0.258 e. The van der Waals surface area contributed by atoms with Crippen LogP contribution in [-0.2, 0) is 6.54 Å². The Morgan fingerprint density at radius 1 is 1.04 bits per heavy atom. The van der Waals surface area contributed by atoms with Crippen molar-refractivity contribution >= 4 is 16.5 Å². The molecule has 1 heterocycles. The lowest BCUT2D eigenvalue weighted by molar-refractivity contribution is 0.296. The smallest absolute Gasteiger partial charge is 0.258 e. The van der Waals surface area contributed by atoms with Crippen LogP contribution in [0, 0.1) is 6.92 Å². The molecule has 0 spiro atoms. The minimum absolute atomic E-state index is 0.0452. The first kappa shape index (κ1) is 16.9. The summed E-state index contributed by atoms with van der Waals surface area (Å²) in [6.45, 7) is 5.30. The zero-order valence-electron chi connectivity index (χ0n) is 14.5. The molecule has 3 rings (SSSR count). The van der Waals surface area contributed by atoms with E-state index in [9.17, 15) is 4.79 Å². The predicted octanol–water partition coefficient (Wildman–Crippen LogP) is 3.37. The number of nitrogens with zero attached hydrogens (tertiary/aromatic N) is 1. The molecule has 0 fully saturated rings. The van der Waals surface area contributed by atoms with Gasteiger partial charge < -0.3 is 19.8 Å². The van der Waals surface area contributed by atoms with Crippen molar-refractivity contribution in [2.24, 2.45) is 0 Å². The Morgan fingerprint density at radius 2 is 1.80 bits per heavy atom. The average Bonchev–Trinajstić information content (AvgIpc) is 2.61. The summed E-state index contributed by atoms with van der Waals surface area (Å²) in [6, 6.07) is 13.1. The van der Waals surface area contributed by atoms with Crippen LogP contribution in [0.3, 0.4) is 0 Å². The van der Waals surface area contributed by atoms with Crippen LogP contribution in [0.25, 0.3) is 10.8 Å². The van der Waals surface area contributed by atoms with E-state index in [1.807, 2.05) is 50.2 Å². The molecule has 0 radical (unpaired) electrons. The van der Waals surface area contributed by atoms with E-state index >= 15 is 0 Å². The standard InChI is InChI=1S/C20H22N2O3/c1-3-24-17-5-4-15-8-9-22(20(23)18(15)13-17)10-11-25-16-6-7-19(21)14(2)12-16/h4-9,12-13H,3,10-11,21H2,1-2H3. The normalized spacial score (nSPS) is 10.8. The molecular formula is C20H22N2O3. The molecular weight excluding hydrogens is 316 g/mol. The minimum atomic E-state index is -0.0452. The van der Waals surface area contributed by atoms with Crippen LogP contribution >= 0.6 is 0 Å². The van der Waals surface area contributed by atoms with Gasteiger partial charge in [-0.05, 0) is 61.2 Å². The molecule has 3 aromatic rings. The number of aryl methyl sites for hydroxylation is 1. The van der Waals surface area contributed by atoms with Crippen molar-refractivity contribution in [1.82, 2.24) is 4.57 Å². The van der Waals surface area contributed by atoms with Gasteiger partial charge in [-0.15, -0.1) is 0 Å². The van der Waals surface area contributed by atoms with Gasteiger partial charge in [0.15, 0.2) is 0 Å². The van der Waals surface area contributed by atoms with Crippen LogP contribution in [0.4, 0.5) is 5.69 Å². The van der Waals surface area contributed by atoms with Gasteiger partial charge in [0, 0.05) is 11.9 Å². The molecule has 0 aliphatic carbocycles. The highest BCUT2D eigenvalue weighted by Gasteiger charge is 2.05. The summed E-state index contributed by atoms with van der Waals surface area (Å²) in [5, 5.41) is 1.55. The molecule has 2 N–H and O–H groups in total. The van der Waals surface area contributed by atoms with Gasteiger partial charge in [0.2, 0.25) is 0 Å². The number of fused-ring (bicyclic) bond motifs is 1. The zero-order chi connectivity index (χ0) is 17.8. The Hall–Kier alpha value is -2.95. The van der Waals surface area contributed by atoms with Gasteiger partial charge >= 0.3 is 0 Å². The molecule has 5 nitrogen and oxygen atoms in total. The van der Waals surface area contributed by atoms with Gasteiger partial charge in [0.25, 0.3) is 5.56 Å². The van der Waals surface area contributed by atoms with Crippen LogP contribution in [0.15, 0.2) is 53.5 Å². The van der Waals surface area contributed by atoms with E-state index in [1.165, 1.54) is 0 Å². The number of hydrogen-bond donors (Lipinski definition) is 1. The number of rotatable bonds is 6. The molecule has 5 heteroatoms. The second-order valence-corrected chi connectivity index (χ2v) is 5.86. The number of nitrogens with two attached hydrogens (primary N) is 1. The fourth-order valence-corrected chi connectivity index (χ4v) is 2.69. The first-order valence-electron chi connectivity index (χ1n) is 8.33. The molecule has 0 atom stereocenters. The van der Waals surface area contributed by atoms with Crippen molar-refractivity contribution in [1.29, 1.82) is 0 Å². The maximum atomic E-state index is 12.7. The topological polar surface area (TPSA) is 66.5 Å². The fourth-order valence-electron chi connectivity index (χ4n) is 2.69. The van der Waals surface area contributed by atoms with E-state index in [-0.39, 0.29) is 5.56 Å². The van der Waals surface area contributed by atoms with Gasteiger partial charge in [0.1, 0.15) is 18.1 Å². The lowest BCUT2D eigenvalue weighted by atomic mass is 10.1. The third-order valence-corrected chi connectivity index (χ3v) is 4.10. The van der Waals surface area contributed by atoms with Crippen molar-refractivity contribution in [3.63, 3.8) is 0 Å². The van der Waals surface area contributed by atoms with Gasteiger partial charge in [-0.3, -0.25) is 4.79 Å². The Kier molecular flexibility index (Phi) is 4.93. The van der Waals surface area contributed by atoms with Crippen LogP contribution in [0.1, 0.15) is 12.5 Å². The quantitative estimate of drug-likeness (QED) is 0.700. The third kappa shape index (κ3) is 3.76. The summed E-state index contributed by atoms with van der Waals surface area (Å²) in [4.78, 5) is 12.7. The highest BCUT2D eigenvalue weighted by atomic mass is 16.5. The van der Waals surface area contributed by atoms with Crippen LogP contribution in [0.5, 0.6) is 11.5 Å². The zero-order valence-corrected chi connectivity index (χ0v) is 14.5. The Balaban J connectivity index is 1.75. The lowest BCUT2D eigenvalue weighted by Gasteiger charge is -2.11. The Bertz CT molecular complexity index is 947. The number of aromatic nitrogens is 1. The van der Waals surface area contributed by atoms with Crippen molar-refractivity contribution in [2.75, 3.05) is 18.9 Å². The molecule has 25 heavy (non-hydrogen) atoms. The van der Waals surface area contributed by atoms with Gasteiger partial charge in [-0.2, -0.15) is 0 Å². The molecule has 0 aliphatic rings. The van der Waals surface area contributed by atoms with Gasteiger partial charge in [-0.25, -0.2) is 0 Å². The minimum Gasteiger partial charge on any atom is -0.494 e. The predicted molar refractivity (Wildman–Crippen MR) is 100 cm³/mol. The molecule has 0 saturated carbocycles. The van der Waals surface area contributed by atoms with Crippen molar-refractivity contribution in [2.45, 2.75) is 20.4 Å². The first-order chi connectivity index (χ1) is 12.1. The number of nitrogen functional groups attached to an aromatic ring is 1. The summed E-state index contributed by atoms with van der Waals surface area (Å²) in [6.07, 6.45) is 1.79. The summed E-state index contributed by atoms with van der Waals surface area (Å²) in [7, 11) is 0. The summed E-state index contributed by atoms with van der Waals surface area (Å²) in [5.74, 6) is 1.46. The number of benzene rings is 2. The molecule has 2 aromatic carbocycles. The third-order valence-electron chi connectivity index (χ3n) is 4.10. The SMILES string of the molecule is CCOc1ccc2ccn(CCOc3ccc(N)c(C)c3)c(=O)c2c1. The average molecular weight is 338 g/mol. The van der Waals surface area contributed by atoms with Gasteiger partial charge in [-0.1, -0.05) is 6.07 Å². The van der Waals surface area contributed by atoms with E-state index in [1.54, 1.807) is 16.8 Å². The first-order valence-corrected chi connectivity index (χ1v) is 8.33. The lowest BCUT2D eigenvalue weighted by Crippen LogP contribution is -2.22. The Morgan fingerprint density at radius 3 is 2.56 bits per heavy atom. The molecule has 0 bridgehead atoms. The molecule has 0 saturated heterocycles. The molecule has 0 aliphatic heterocycles. The van der Waals surface area contributed by atoms with Crippen molar-refractivity contribution < 1.29 is 9.47 Å². The summed E-state index contributed by atoms with van der Waals surface area (Å²) < 4.78 is 12.9. The number of pyridine rings is 1. The van der Waals surface area contributed by atoms with E-state index in [2.05, 4.69) is 0 Å². The number of hydrogen-bond acceptors (Lipinski definition) is 4. The van der Waals surface area contributed by atoms with E-state index in [4.69, 9.17) is 15.2 Å². The summed E-state index contributed by atoms with van der Waals surface area (Å²) in [5.41, 5.74) is 7.47. The monoisotopic (exact) mass is 338 g/mol. The van der Waals surface area contributed by atoms with Crippen molar-refractivity contribution in [3.05, 3.63) is 64.6 Å². The van der Waals surface area contributed by atoms with Crippen LogP contribution < -0.4 is 20.8 Å². The van der Waals surface area contributed by atoms with Gasteiger partial charge in [0.05, 0.1) is 18.5 Å². The van der Waals surface area contributed by atoms with Crippen LogP contribution in [-0.4, -0.2) is 17.8 Å². The molecule has 130 valence electrons. The van der Waals surface area contributed by atoms with E-state index < -0.39 is 0 Å². The van der Waals surface area contributed by atoms with E-state index in [0.717, 1.165) is 22.4 Å². The fraction of sp³-hybridized carbons (Fsp3) is 0.250. The number of ether oxygens (including phenoxy) is 2. The van der Waals surface area contributed by atoms with E-state index in [0.29, 0.717) is 30.9 Å². The van der Waals surface area contributed by atoms with Crippen molar-refractivity contribution in [3.8, 4) is 11.5 Å². The Labute approximate surface area is 146 Å². The maximum absolute atomic E-state index is 12.7. The summed E-state index contributed by atoms with van der Waals surface area (Å²) >= 11 is 0. The highest BCUT2D eigenvalue weighted by Crippen LogP contribution is 2.19. The highest BCUT2D eigenvalue weighted by molar-refractivity contribution is 5.82. The molecule has 0 amide bonds. The van der Waals surface area contributed by atoms with Crippen LogP contribution in [0.2, 0.25) is 0 Å². The second-order valence-electron chi connectivity index (χ2n) is 5.86. The molecule has 1 aromatic heterocycles. The largest absolute Gasteiger partial charge is 0.494 e.